The lowest BCUT2D eigenvalue weighted by Gasteiger charge is -2.16. The standard InChI is InChI=1S/C18H19NO4/c1-12-9-10-14(18(21)22-3)11-16(12)19-17(20)13(2)23-15-7-5-4-6-8-15/h4-11,13H,1-3H3,(H,19,20)/t13-/m0/s1. The topological polar surface area (TPSA) is 64.6 Å². The average Bonchev–Trinajstić information content (AvgIpc) is 2.56. The molecule has 1 amide bonds. The maximum Gasteiger partial charge on any atom is 0.337 e. The van der Waals surface area contributed by atoms with Crippen molar-refractivity contribution in [3.05, 3.63) is 59.7 Å². The lowest BCUT2D eigenvalue weighted by atomic mass is 10.1. The molecule has 0 unspecified atom stereocenters. The Balaban J connectivity index is 2.08. The Morgan fingerprint density at radius 1 is 1.09 bits per heavy atom. The third kappa shape index (κ3) is 4.32. The van der Waals surface area contributed by atoms with Crippen molar-refractivity contribution in [1.82, 2.24) is 0 Å². The van der Waals surface area contributed by atoms with Crippen LogP contribution in [-0.2, 0) is 9.53 Å². The van der Waals surface area contributed by atoms with Gasteiger partial charge in [0.15, 0.2) is 6.10 Å². The highest BCUT2D eigenvalue weighted by atomic mass is 16.5. The fourth-order valence-corrected chi connectivity index (χ4v) is 1.99. The molecule has 0 saturated heterocycles. The van der Waals surface area contributed by atoms with Crippen molar-refractivity contribution in [3.63, 3.8) is 0 Å². The maximum absolute atomic E-state index is 12.3. The van der Waals surface area contributed by atoms with Crippen molar-refractivity contribution >= 4 is 17.6 Å². The number of hydrogen-bond acceptors (Lipinski definition) is 4. The van der Waals surface area contributed by atoms with E-state index in [1.165, 1.54) is 7.11 Å². The van der Waals surface area contributed by atoms with Crippen molar-refractivity contribution in [1.29, 1.82) is 0 Å². The van der Waals surface area contributed by atoms with E-state index in [2.05, 4.69) is 10.1 Å². The lowest BCUT2D eigenvalue weighted by Crippen LogP contribution is -2.30. The summed E-state index contributed by atoms with van der Waals surface area (Å²) in [6.07, 6.45) is -0.668. The summed E-state index contributed by atoms with van der Waals surface area (Å²) < 4.78 is 10.3. The number of ether oxygens (including phenoxy) is 2. The van der Waals surface area contributed by atoms with Crippen LogP contribution in [-0.4, -0.2) is 25.1 Å². The lowest BCUT2D eigenvalue weighted by molar-refractivity contribution is -0.122. The van der Waals surface area contributed by atoms with Gasteiger partial charge in [-0.3, -0.25) is 4.79 Å². The highest BCUT2D eigenvalue weighted by Gasteiger charge is 2.17. The normalized spacial score (nSPS) is 11.4. The van der Waals surface area contributed by atoms with Gasteiger partial charge in [-0.1, -0.05) is 24.3 Å². The van der Waals surface area contributed by atoms with Crippen molar-refractivity contribution in [2.75, 3.05) is 12.4 Å². The first-order valence-electron chi connectivity index (χ1n) is 7.23. The highest BCUT2D eigenvalue weighted by molar-refractivity contribution is 5.97. The first-order valence-corrected chi connectivity index (χ1v) is 7.23. The number of benzene rings is 2. The fraction of sp³-hybridized carbons (Fsp3) is 0.222. The molecule has 0 bridgehead atoms. The number of nitrogens with one attached hydrogen (secondary N) is 1. The van der Waals surface area contributed by atoms with Gasteiger partial charge in [-0.25, -0.2) is 4.79 Å². The van der Waals surface area contributed by atoms with Crippen LogP contribution < -0.4 is 10.1 Å². The molecule has 0 radical (unpaired) electrons. The van der Waals surface area contributed by atoms with Gasteiger partial charge in [-0.15, -0.1) is 0 Å². The van der Waals surface area contributed by atoms with E-state index in [-0.39, 0.29) is 5.91 Å². The number of amides is 1. The molecule has 0 aliphatic carbocycles. The first-order chi connectivity index (χ1) is 11.0. The zero-order valence-corrected chi connectivity index (χ0v) is 13.3. The third-order valence-corrected chi connectivity index (χ3v) is 3.34. The second kappa shape index (κ2) is 7.45. The summed E-state index contributed by atoms with van der Waals surface area (Å²) in [6, 6.07) is 14.1. The quantitative estimate of drug-likeness (QED) is 0.861. The summed E-state index contributed by atoms with van der Waals surface area (Å²) >= 11 is 0. The number of para-hydroxylation sites is 1. The monoisotopic (exact) mass is 313 g/mol. The Labute approximate surface area is 135 Å². The van der Waals surface area contributed by atoms with E-state index < -0.39 is 12.1 Å². The Morgan fingerprint density at radius 2 is 1.78 bits per heavy atom. The Morgan fingerprint density at radius 3 is 2.43 bits per heavy atom. The van der Waals surface area contributed by atoms with Crippen LogP contribution in [0.15, 0.2) is 48.5 Å². The number of hydrogen-bond donors (Lipinski definition) is 1. The number of rotatable bonds is 5. The van der Waals surface area contributed by atoms with E-state index in [4.69, 9.17) is 4.74 Å². The van der Waals surface area contributed by atoms with Gasteiger partial charge in [-0.05, 0) is 43.7 Å². The van der Waals surface area contributed by atoms with Crippen LogP contribution >= 0.6 is 0 Å². The Bertz CT molecular complexity index is 697. The van der Waals surface area contributed by atoms with Crippen molar-refractivity contribution in [3.8, 4) is 5.75 Å². The molecule has 0 saturated carbocycles. The molecule has 2 aromatic rings. The molecule has 0 spiro atoms. The minimum absolute atomic E-state index is 0.293. The van der Waals surface area contributed by atoms with Gasteiger partial charge in [0.2, 0.25) is 0 Å². The minimum Gasteiger partial charge on any atom is -0.481 e. The van der Waals surface area contributed by atoms with Crippen LogP contribution in [0.2, 0.25) is 0 Å². The van der Waals surface area contributed by atoms with Crippen molar-refractivity contribution in [2.45, 2.75) is 20.0 Å². The predicted molar refractivity (Wildman–Crippen MR) is 87.7 cm³/mol. The van der Waals surface area contributed by atoms with Gasteiger partial charge < -0.3 is 14.8 Å². The second-order valence-electron chi connectivity index (χ2n) is 5.08. The molecule has 120 valence electrons. The number of anilines is 1. The zero-order chi connectivity index (χ0) is 16.8. The van der Waals surface area contributed by atoms with E-state index in [1.54, 1.807) is 37.3 Å². The number of esters is 1. The van der Waals surface area contributed by atoms with Crippen LogP contribution in [0.4, 0.5) is 5.69 Å². The number of methoxy groups -OCH3 is 1. The summed E-state index contributed by atoms with van der Waals surface area (Å²) in [4.78, 5) is 23.8. The summed E-state index contributed by atoms with van der Waals surface area (Å²) in [5.41, 5.74) is 1.78. The number of carbonyl (C=O) groups excluding carboxylic acids is 2. The molecule has 0 fully saturated rings. The Kier molecular flexibility index (Phi) is 5.36. The molecule has 0 aromatic heterocycles. The molecular weight excluding hydrogens is 294 g/mol. The smallest absolute Gasteiger partial charge is 0.337 e. The number of carbonyl (C=O) groups is 2. The van der Waals surface area contributed by atoms with Gasteiger partial charge in [-0.2, -0.15) is 0 Å². The fourth-order valence-electron chi connectivity index (χ4n) is 1.99. The van der Waals surface area contributed by atoms with E-state index >= 15 is 0 Å². The minimum atomic E-state index is -0.668. The molecule has 2 rings (SSSR count). The first kappa shape index (κ1) is 16.5. The van der Waals surface area contributed by atoms with Gasteiger partial charge in [0.25, 0.3) is 5.91 Å². The van der Waals surface area contributed by atoms with E-state index in [0.29, 0.717) is 17.0 Å². The third-order valence-electron chi connectivity index (χ3n) is 3.34. The van der Waals surface area contributed by atoms with Crippen molar-refractivity contribution in [2.24, 2.45) is 0 Å². The Hall–Kier alpha value is -2.82. The maximum atomic E-state index is 12.3. The van der Waals surface area contributed by atoms with Gasteiger partial charge >= 0.3 is 5.97 Å². The molecule has 0 aliphatic heterocycles. The largest absolute Gasteiger partial charge is 0.481 e. The summed E-state index contributed by atoms with van der Waals surface area (Å²) in [7, 11) is 1.32. The molecular formula is C18H19NO4. The number of aryl methyl sites for hydroxylation is 1. The van der Waals surface area contributed by atoms with Crippen molar-refractivity contribution < 1.29 is 19.1 Å². The molecule has 23 heavy (non-hydrogen) atoms. The van der Waals surface area contributed by atoms with Crippen LogP contribution in [0.3, 0.4) is 0 Å². The molecule has 2 aromatic carbocycles. The van der Waals surface area contributed by atoms with E-state index in [0.717, 1.165) is 5.56 Å². The average molecular weight is 313 g/mol. The van der Waals surface area contributed by atoms with E-state index in [1.807, 2.05) is 25.1 Å². The van der Waals surface area contributed by atoms with Crippen LogP contribution in [0.5, 0.6) is 5.75 Å². The summed E-state index contributed by atoms with van der Waals surface area (Å²) in [6.45, 7) is 3.52. The van der Waals surface area contributed by atoms with Crippen LogP contribution in [0.1, 0.15) is 22.8 Å². The molecule has 1 atom stereocenters. The SMILES string of the molecule is COC(=O)c1ccc(C)c(NC(=O)[C@H](C)Oc2ccccc2)c1. The molecule has 0 heterocycles. The molecule has 5 heteroatoms. The van der Waals surface area contributed by atoms with E-state index in [9.17, 15) is 9.59 Å². The van der Waals surface area contributed by atoms with Gasteiger partial charge in [0, 0.05) is 5.69 Å². The predicted octanol–water partition coefficient (Wildman–Crippen LogP) is 3.19. The van der Waals surface area contributed by atoms with Crippen LogP contribution in [0, 0.1) is 6.92 Å². The van der Waals surface area contributed by atoms with Gasteiger partial charge in [0.1, 0.15) is 5.75 Å². The molecule has 0 aliphatic rings. The summed E-state index contributed by atoms with van der Waals surface area (Å²) in [5.74, 6) is -0.122. The molecule has 5 nitrogen and oxygen atoms in total. The molecule has 1 N–H and O–H groups in total. The zero-order valence-electron chi connectivity index (χ0n) is 13.3. The van der Waals surface area contributed by atoms with Gasteiger partial charge in [0.05, 0.1) is 12.7 Å². The highest BCUT2D eigenvalue weighted by Crippen LogP contribution is 2.19. The van der Waals surface area contributed by atoms with Crippen LogP contribution in [0.25, 0.3) is 0 Å². The summed E-state index contributed by atoms with van der Waals surface area (Å²) in [5, 5.41) is 2.78. The second-order valence-corrected chi connectivity index (χ2v) is 5.08.